The summed E-state index contributed by atoms with van der Waals surface area (Å²) in [6.07, 6.45) is -1.50. The highest BCUT2D eigenvalue weighted by Crippen LogP contribution is 2.26. The Labute approximate surface area is 76.4 Å². The van der Waals surface area contributed by atoms with Crippen molar-refractivity contribution in [2.24, 2.45) is 5.92 Å². The van der Waals surface area contributed by atoms with Gasteiger partial charge in [-0.3, -0.25) is 4.79 Å². The van der Waals surface area contributed by atoms with Gasteiger partial charge in [-0.15, -0.1) is 0 Å². The maximum Gasteiger partial charge on any atom is 0.217 e. The molecule has 0 radical (unpaired) electrons. The fourth-order valence-electron chi connectivity index (χ4n) is 1.71. The van der Waals surface area contributed by atoms with Gasteiger partial charge in [-0.25, -0.2) is 0 Å². The highest BCUT2D eigenvalue weighted by molar-refractivity contribution is 5.73. The van der Waals surface area contributed by atoms with Crippen LogP contribution in [0, 0.1) is 5.92 Å². The Hall–Kier alpha value is -0.650. The van der Waals surface area contributed by atoms with Crippen molar-refractivity contribution < 1.29 is 20.1 Å². The summed E-state index contributed by atoms with van der Waals surface area (Å²) in [4.78, 5) is 10.7. The molecule has 0 aliphatic heterocycles. The summed E-state index contributed by atoms with van der Waals surface area (Å²) in [6, 6.07) is -0.440. The fraction of sp³-hybridized carbons (Fsp3) is 0.875. The smallest absolute Gasteiger partial charge is 0.217 e. The molecule has 4 atom stereocenters. The first kappa shape index (κ1) is 10.4. The second-order valence-electron chi connectivity index (χ2n) is 3.47. The number of carbonyl (C=O) groups is 1. The number of rotatable bonds is 2. The summed E-state index contributed by atoms with van der Waals surface area (Å²) in [5, 5.41) is 30.2. The monoisotopic (exact) mass is 189 g/mol. The molecule has 1 amide bonds. The average Bonchev–Trinajstić information content (AvgIpc) is 2.32. The average molecular weight is 189 g/mol. The van der Waals surface area contributed by atoms with E-state index in [4.69, 9.17) is 5.11 Å². The Morgan fingerprint density at radius 2 is 2.08 bits per heavy atom. The van der Waals surface area contributed by atoms with Gasteiger partial charge < -0.3 is 20.6 Å². The largest absolute Gasteiger partial charge is 0.396 e. The van der Waals surface area contributed by atoms with Gasteiger partial charge in [0.2, 0.25) is 5.91 Å². The lowest BCUT2D eigenvalue weighted by atomic mass is 10.1. The van der Waals surface area contributed by atoms with Crippen molar-refractivity contribution in [1.29, 1.82) is 0 Å². The molecule has 4 N–H and O–H groups in total. The number of aliphatic hydroxyl groups is 3. The molecular formula is C8H15NO4. The van der Waals surface area contributed by atoms with E-state index in [1.807, 2.05) is 0 Å². The number of nitrogens with one attached hydrogen (secondary N) is 1. The molecule has 0 aromatic carbocycles. The third-order valence-electron chi connectivity index (χ3n) is 2.42. The summed E-state index contributed by atoms with van der Waals surface area (Å²) in [5.74, 6) is -0.582. The Kier molecular flexibility index (Phi) is 3.24. The van der Waals surface area contributed by atoms with Crippen LogP contribution in [0.25, 0.3) is 0 Å². The minimum atomic E-state index is -0.971. The van der Waals surface area contributed by atoms with Gasteiger partial charge in [-0.2, -0.15) is 0 Å². The third kappa shape index (κ3) is 2.18. The molecule has 5 heteroatoms. The summed E-state index contributed by atoms with van der Waals surface area (Å²) in [6.45, 7) is 1.18. The van der Waals surface area contributed by atoms with E-state index in [1.165, 1.54) is 6.92 Å². The van der Waals surface area contributed by atoms with Crippen LogP contribution >= 0.6 is 0 Å². The highest BCUT2D eigenvalue weighted by Gasteiger charge is 2.41. The highest BCUT2D eigenvalue weighted by atomic mass is 16.3. The summed E-state index contributed by atoms with van der Waals surface area (Å²) in [5.41, 5.74) is 0. The molecule has 1 saturated carbocycles. The lowest BCUT2D eigenvalue weighted by Gasteiger charge is -2.16. The van der Waals surface area contributed by atoms with E-state index in [-0.39, 0.29) is 18.4 Å². The molecule has 5 nitrogen and oxygen atoms in total. The predicted molar refractivity (Wildman–Crippen MR) is 44.8 cm³/mol. The number of aliphatic hydroxyl groups excluding tert-OH is 3. The molecule has 0 heterocycles. The van der Waals surface area contributed by atoms with E-state index in [9.17, 15) is 15.0 Å². The molecule has 76 valence electrons. The van der Waals surface area contributed by atoms with Crippen LogP contribution < -0.4 is 5.32 Å². The van der Waals surface area contributed by atoms with Gasteiger partial charge in [-0.05, 0) is 6.42 Å². The summed E-state index contributed by atoms with van der Waals surface area (Å²) >= 11 is 0. The molecule has 0 aromatic heterocycles. The third-order valence-corrected chi connectivity index (χ3v) is 2.42. The zero-order chi connectivity index (χ0) is 10.0. The maximum atomic E-state index is 10.7. The number of carbonyl (C=O) groups excluding carboxylic acids is 1. The van der Waals surface area contributed by atoms with Crippen LogP contribution in [0.15, 0.2) is 0 Å². The molecule has 1 rings (SSSR count). The van der Waals surface area contributed by atoms with Crippen molar-refractivity contribution in [3.8, 4) is 0 Å². The van der Waals surface area contributed by atoms with E-state index in [0.717, 1.165) is 0 Å². The molecule has 0 bridgehead atoms. The lowest BCUT2D eigenvalue weighted by Crippen LogP contribution is -2.42. The van der Waals surface area contributed by atoms with Gasteiger partial charge in [0, 0.05) is 19.4 Å². The SMILES string of the molecule is CC(=O)N[C@@H]1C[C@H](CO)[C@@H](O)[C@H]1O. The van der Waals surface area contributed by atoms with Crippen LogP contribution in [0.4, 0.5) is 0 Å². The first-order valence-corrected chi connectivity index (χ1v) is 4.30. The molecule has 1 aliphatic carbocycles. The van der Waals surface area contributed by atoms with E-state index in [0.29, 0.717) is 6.42 Å². The minimum Gasteiger partial charge on any atom is -0.396 e. The van der Waals surface area contributed by atoms with Crippen molar-refractivity contribution in [3.63, 3.8) is 0 Å². The molecule has 13 heavy (non-hydrogen) atoms. The van der Waals surface area contributed by atoms with Gasteiger partial charge in [-0.1, -0.05) is 0 Å². The predicted octanol–water partition coefficient (Wildman–Crippen LogP) is -1.77. The quantitative estimate of drug-likeness (QED) is 0.413. The van der Waals surface area contributed by atoms with Crippen molar-refractivity contribution in [2.75, 3.05) is 6.61 Å². The lowest BCUT2D eigenvalue weighted by molar-refractivity contribution is -0.120. The van der Waals surface area contributed by atoms with E-state index in [2.05, 4.69) is 5.32 Å². The molecule has 0 spiro atoms. The first-order chi connectivity index (χ1) is 6.06. The standard InChI is InChI=1S/C8H15NO4/c1-4(11)9-6-2-5(3-10)7(12)8(6)13/h5-8,10,12-13H,2-3H2,1H3,(H,9,11)/t5-,6-,7-,8+/m1/s1. The first-order valence-electron chi connectivity index (χ1n) is 4.30. The van der Waals surface area contributed by atoms with Crippen molar-refractivity contribution in [3.05, 3.63) is 0 Å². The Morgan fingerprint density at radius 1 is 1.46 bits per heavy atom. The van der Waals surface area contributed by atoms with Gasteiger partial charge in [0.15, 0.2) is 0 Å². The molecule has 0 unspecified atom stereocenters. The zero-order valence-corrected chi connectivity index (χ0v) is 7.47. The van der Waals surface area contributed by atoms with Crippen LogP contribution in [0.2, 0.25) is 0 Å². The van der Waals surface area contributed by atoms with Crippen LogP contribution in [0.5, 0.6) is 0 Å². The molecule has 0 aromatic rings. The summed E-state index contributed by atoms with van der Waals surface area (Å²) < 4.78 is 0. The van der Waals surface area contributed by atoms with Gasteiger partial charge in [0.1, 0.15) is 6.10 Å². The number of hydrogen-bond donors (Lipinski definition) is 4. The second kappa shape index (κ2) is 4.04. The minimum absolute atomic E-state index is 0.172. The van der Waals surface area contributed by atoms with Crippen LogP contribution in [-0.4, -0.2) is 46.1 Å². The fourth-order valence-corrected chi connectivity index (χ4v) is 1.71. The Bertz CT molecular complexity index is 197. The van der Waals surface area contributed by atoms with Crippen molar-refractivity contribution >= 4 is 5.91 Å². The van der Waals surface area contributed by atoms with Crippen molar-refractivity contribution in [1.82, 2.24) is 5.32 Å². The van der Waals surface area contributed by atoms with Crippen LogP contribution in [-0.2, 0) is 4.79 Å². The zero-order valence-electron chi connectivity index (χ0n) is 7.47. The van der Waals surface area contributed by atoms with Crippen LogP contribution in [0.1, 0.15) is 13.3 Å². The Balaban J connectivity index is 2.55. The van der Waals surface area contributed by atoms with E-state index >= 15 is 0 Å². The normalized spacial score (nSPS) is 39.1. The molecule has 1 fully saturated rings. The van der Waals surface area contributed by atoms with Gasteiger partial charge in [0.25, 0.3) is 0 Å². The van der Waals surface area contributed by atoms with E-state index < -0.39 is 18.2 Å². The molecule has 1 aliphatic rings. The number of amides is 1. The van der Waals surface area contributed by atoms with E-state index in [1.54, 1.807) is 0 Å². The van der Waals surface area contributed by atoms with Gasteiger partial charge in [0.05, 0.1) is 12.1 Å². The van der Waals surface area contributed by atoms with Crippen LogP contribution in [0.3, 0.4) is 0 Å². The summed E-state index contributed by atoms with van der Waals surface area (Å²) in [7, 11) is 0. The second-order valence-corrected chi connectivity index (χ2v) is 3.47. The van der Waals surface area contributed by atoms with Crippen molar-refractivity contribution in [2.45, 2.75) is 31.6 Å². The number of hydrogen-bond acceptors (Lipinski definition) is 4. The molecular weight excluding hydrogens is 174 g/mol. The Morgan fingerprint density at radius 3 is 2.46 bits per heavy atom. The maximum absolute atomic E-state index is 10.7. The van der Waals surface area contributed by atoms with Gasteiger partial charge >= 0.3 is 0 Å². The molecule has 0 saturated heterocycles. The topological polar surface area (TPSA) is 89.8 Å².